The zero-order valence-electron chi connectivity index (χ0n) is 41.5. The Morgan fingerprint density at radius 1 is 0.468 bits per heavy atom. The maximum atomic E-state index is 13.2. The lowest BCUT2D eigenvalue weighted by Gasteiger charge is -2.24. The van der Waals surface area contributed by atoms with Crippen LogP contribution in [0.25, 0.3) is 0 Å². The van der Waals surface area contributed by atoms with E-state index in [1.165, 1.54) is 167 Å². The summed E-state index contributed by atoms with van der Waals surface area (Å²) in [4.78, 5) is 26.1. The molecule has 0 aromatic rings. The van der Waals surface area contributed by atoms with E-state index in [-0.39, 0.29) is 24.9 Å². The van der Waals surface area contributed by atoms with Crippen LogP contribution in [0, 0.1) is 0 Å². The molecule has 1 amide bonds. The second-order valence-corrected chi connectivity index (χ2v) is 18.6. The number of hydrogen-bond donors (Lipinski definition) is 3. The molecule has 0 saturated carbocycles. The molecule has 364 valence electrons. The highest BCUT2D eigenvalue weighted by molar-refractivity contribution is 5.77. The van der Waals surface area contributed by atoms with E-state index in [0.717, 1.165) is 70.6 Å². The van der Waals surface area contributed by atoms with Gasteiger partial charge in [-0.2, -0.15) is 0 Å². The summed E-state index contributed by atoms with van der Waals surface area (Å²) >= 11 is 0. The minimum Gasteiger partial charge on any atom is -0.462 e. The smallest absolute Gasteiger partial charge is 0.306 e. The SMILES string of the molecule is CCCCC/C=C\C/C=C\C/C=C\CCCCCCC(=O)OC(CCCCCCCCCCC)CC(=O)NC(CO)C(O)CCCCCCCCCCCCCCCCCCC. The van der Waals surface area contributed by atoms with Crippen molar-refractivity contribution in [3.63, 3.8) is 0 Å². The van der Waals surface area contributed by atoms with E-state index in [1.54, 1.807) is 0 Å². The van der Waals surface area contributed by atoms with E-state index < -0.39 is 18.2 Å². The molecule has 62 heavy (non-hydrogen) atoms. The highest BCUT2D eigenvalue weighted by Crippen LogP contribution is 2.18. The molecule has 3 N–H and O–H groups in total. The van der Waals surface area contributed by atoms with Crippen molar-refractivity contribution in [1.29, 1.82) is 0 Å². The van der Waals surface area contributed by atoms with Crippen LogP contribution in [0.5, 0.6) is 0 Å². The van der Waals surface area contributed by atoms with Gasteiger partial charge >= 0.3 is 5.97 Å². The first-order valence-corrected chi connectivity index (χ1v) is 27.2. The van der Waals surface area contributed by atoms with Gasteiger partial charge in [0.15, 0.2) is 0 Å². The fraction of sp³-hybridized carbons (Fsp3) is 0.857. The molecule has 0 fully saturated rings. The maximum Gasteiger partial charge on any atom is 0.306 e. The number of rotatable bonds is 49. The molecule has 3 unspecified atom stereocenters. The molecule has 0 aromatic carbocycles. The third-order valence-corrected chi connectivity index (χ3v) is 12.5. The largest absolute Gasteiger partial charge is 0.462 e. The molecule has 6 nitrogen and oxygen atoms in total. The van der Waals surface area contributed by atoms with Crippen LogP contribution in [0.4, 0.5) is 0 Å². The Morgan fingerprint density at radius 3 is 1.27 bits per heavy atom. The summed E-state index contributed by atoms with van der Waals surface area (Å²) < 4.78 is 5.92. The molecule has 0 spiro atoms. The molecule has 6 heteroatoms. The van der Waals surface area contributed by atoms with Crippen molar-refractivity contribution in [2.45, 2.75) is 302 Å². The first kappa shape index (κ1) is 60.1. The Kier molecular flexibility index (Phi) is 48.5. The predicted octanol–water partition coefficient (Wildman–Crippen LogP) is 16.5. The number of carbonyl (C=O) groups excluding carboxylic acids is 2. The van der Waals surface area contributed by atoms with Gasteiger partial charge in [0.1, 0.15) is 6.10 Å². The maximum absolute atomic E-state index is 13.2. The van der Waals surface area contributed by atoms with Gasteiger partial charge in [0.2, 0.25) is 5.91 Å². The van der Waals surface area contributed by atoms with Crippen molar-refractivity contribution in [3.8, 4) is 0 Å². The third kappa shape index (κ3) is 44.7. The number of allylic oxidation sites excluding steroid dienone is 6. The Morgan fingerprint density at radius 2 is 0.823 bits per heavy atom. The zero-order chi connectivity index (χ0) is 45.2. The van der Waals surface area contributed by atoms with Gasteiger partial charge in [-0.3, -0.25) is 9.59 Å². The van der Waals surface area contributed by atoms with Crippen molar-refractivity contribution < 1.29 is 24.5 Å². The second-order valence-electron chi connectivity index (χ2n) is 18.6. The third-order valence-electron chi connectivity index (χ3n) is 12.5. The standard InChI is InChI=1S/C56H105NO5/c1-4-7-10-13-16-19-21-23-25-27-29-31-33-36-39-42-45-48-54(59)53(51-58)57-55(60)50-52(47-44-41-38-35-18-15-12-9-6-3)62-56(61)49-46-43-40-37-34-32-30-28-26-24-22-20-17-14-11-8-5-2/h17,20,24,26,30,32,52-54,58-59H,4-16,18-19,21-23,25,27-29,31,33-51H2,1-3H3,(H,57,60)/b20-17-,26-24-,32-30-. The Bertz CT molecular complexity index is 1020. The van der Waals surface area contributed by atoms with Gasteiger partial charge < -0.3 is 20.3 Å². The van der Waals surface area contributed by atoms with Gasteiger partial charge in [-0.25, -0.2) is 0 Å². The number of aliphatic hydroxyl groups excluding tert-OH is 2. The van der Waals surface area contributed by atoms with Crippen molar-refractivity contribution in [2.24, 2.45) is 0 Å². The van der Waals surface area contributed by atoms with E-state index in [1.807, 2.05) is 0 Å². The molecule has 0 radical (unpaired) electrons. The molecule has 0 aliphatic heterocycles. The van der Waals surface area contributed by atoms with E-state index in [0.29, 0.717) is 19.3 Å². The molecule has 0 bridgehead atoms. The second kappa shape index (κ2) is 50.1. The lowest BCUT2D eigenvalue weighted by molar-refractivity contribution is -0.151. The number of amides is 1. The van der Waals surface area contributed by atoms with Crippen LogP contribution in [0.3, 0.4) is 0 Å². The number of carbonyl (C=O) groups is 2. The number of unbranched alkanes of at least 4 members (excludes halogenated alkanes) is 31. The molecule has 3 atom stereocenters. The molecular weight excluding hydrogens is 767 g/mol. The van der Waals surface area contributed by atoms with Crippen LogP contribution in [0.1, 0.15) is 284 Å². The number of esters is 1. The number of ether oxygens (including phenoxy) is 1. The fourth-order valence-electron chi connectivity index (χ4n) is 8.32. The Labute approximate surface area is 385 Å². The molecule has 0 aromatic heterocycles. The van der Waals surface area contributed by atoms with E-state index >= 15 is 0 Å². The number of nitrogens with one attached hydrogen (secondary N) is 1. The van der Waals surface area contributed by atoms with Crippen LogP contribution >= 0.6 is 0 Å². The number of aliphatic hydroxyl groups is 2. The molecule has 0 rings (SSSR count). The van der Waals surface area contributed by atoms with Crippen LogP contribution in [-0.2, 0) is 14.3 Å². The monoisotopic (exact) mass is 872 g/mol. The molecular formula is C56H105NO5. The summed E-state index contributed by atoms with van der Waals surface area (Å²) in [6.45, 7) is 6.46. The van der Waals surface area contributed by atoms with E-state index in [2.05, 4.69) is 62.5 Å². The summed E-state index contributed by atoms with van der Waals surface area (Å²) in [5, 5.41) is 23.8. The van der Waals surface area contributed by atoms with Crippen molar-refractivity contribution in [2.75, 3.05) is 6.61 Å². The Balaban J connectivity index is 4.43. The normalized spacial score (nSPS) is 13.4. The van der Waals surface area contributed by atoms with Gasteiger partial charge in [-0.15, -0.1) is 0 Å². The van der Waals surface area contributed by atoms with E-state index in [4.69, 9.17) is 4.74 Å². The lowest BCUT2D eigenvalue weighted by atomic mass is 10.0. The summed E-state index contributed by atoms with van der Waals surface area (Å²) in [5.74, 6) is -0.490. The van der Waals surface area contributed by atoms with Crippen LogP contribution in [-0.4, -0.2) is 46.9 Å². The first-order valence-electron chi connectivity index (χ1n) is 27.2. The predicted molar refractivity (Wildman–Crippen MR) is 269 cm³/mol. The van der Waals surface area contributed by atoms with Crippen molar-refractivity contribution in [3.05, 3.63) is 36.5 Å². The van der Waals surface area contributed by atoms with Gasteiger partial charge in [-0.05, 0) is 64.2 Å². The lowest BCUT2D eigenvalue weighted by Crippen LogP contribution is -2.46. The average molecular weight is 872 g/mol. The van der Waals surface area contributed by atoms with Gasteiger partial charge in [0.25, 0.3) is 0 Å². The van der Waals surface area contributed by atoms with Crippen LogP contribution in [0.2, 0.25) is 0 Å². The molecule has 0 aliphatic carbocycles. The molecule has 0 aliphatic rings. The number of hydrogen-bond acceptors (Lipinski definition) is 5. The molecule has 0 saturated heterocycles. The van der Waals surface area contributed by atoms with E-state index in [9.17, 15) is 19.8 Å². The summed E-state index contributed by atoms with van der Waals surface area (Å²) in [6, 6.07) is -0.703. The van der Waals surface area contributed by atoms with Gasteiger partial charge in [0.05, 0.1) is 25.2 Å². The quantitative estimate of drug-likeness (QED) is 0.0321. The average Bonchev–Trinajstić information content (AvgIpc) is 3.26. The van der Waals surface area contributed by atoms with Crippen LogP contribution < -0.4 is 5.32 Å². The Hall–Kier alpha value is -1.92. The van der Waals surface area contributed by atoms with Crippen molar-refractivity contribution in [1.82, 2.24) is 5.32 Å². The fourth-order valence-corrected chi connectivity index (χ4v) is 8.32. The highest BCUT2D eigenvalue weighted by atomic mass is 16.5. The zero-order valence-corrected chi connectivity index (χ0v) is 41.5. The minimum absolute atomic E-state index is 0.0718. The highest BCUT2D eigenvalue weighted by Gasteiger charge is 2.24. The summed E-state index contributed by atoms with van der Waals surface area (Å²) in [6.07, 6.45) is 59.2. The van der Waals surface area contributed by atoms with Crippen molar-refractivity contribution >= 4 is 11.9 Å². The summed E-state index contributed by atoms with van der Waals surface area (Å²) in [5.41, 5.74) is 0. The molecule has 0 heterocycles. The summed E-state index contributed by atoms with van der Waals surface area (Å²) in [7, 11) is 0. The minimum atomic E-state index is -0.789. The van der Waals surface area contributed by atoms with Crippen LogP contribution in [0.15, 0.2) is 36.5 Å². The topological polar surface area (TPSA) is 95.9 Å². The van der Waals surface area contributed by atoms with Gasteiger partial charge in [-0.1, -0.05) is 243 Å². The first-order chi connectivity index (χ1) is 30.5. The van der Waals surface area contributed by atoms with Gasteiger partial charge in [0, 0.05) is 6.42 Å².